The molecule has 4 nitrogen and oxygen atoms in total. The summed E-state index contributed by atoms with van der Waals surface area (Å²) in [6, 6.07) is 0.646. The van der Waals surface area contributed by atoms with E-state index < -0.39 is 5.60 Å². The van der Waals surface area contributed by atoms with Crippen LogP contribution in [0.2, 0.25) is 0 Å². The van der Waals surface area contributed by atoms with Crippen molar-refractivity contribution in [3.8, 4) is 0 Å². The number of hydrogen-bond acceptors (Lipinski definition) is 3. The molecule has 1 N–H and O–H groups in total. The standard InChI is InChI=1S/C18H31N3O/c1-17(2)13-20(10-9-18(17,3)22)12-16-11-19-14-21(16)15-7-5-4-6-8-15/h11,14-15,22H,4-10,12-13H2,1-3H3/t18-/m1/s1. The Morgan fingerprint density at radius 3 is 2.64 bits per heavy atom. The molecule has 1 saturated heterocycles. The molecule has 0 aromatic carbocycles. The minimum atomic E-state index is -0.562. The Labute approximate surface area is 134 Å². The molecule has 22 heavy (non-hydrogen) atoms. The molecule has 0 radical (unpaired) electrons. The molecule has 2 fully saturated rings. The highest BCUT2D eigenvalue weighted by molar-refractivity contribution is 5.04. The van der Waals surface area contributed by atoms with Crippen molar-refractivity contribution in [2.24, 2.45) is 5.41 Å². The molecule has 0 spiro atoms. The molecule has 1 atom stereocenters. The van der Waals surface area contributed by atoms with Crippen molar-refractivity contribution < 1.29 is 5.11 Å². The van der Waals surface area contributed by atoms with Crippen LogP contribution >= 0.6 is 0 Å². The zero-order valence-electron chi connectivity index (χ0n) is 14.4. The molecule has 1 saturated carbocycles. The van der Waals surface area contributed by atoms with E-state index in [9.17, 15) is 5.11 Å². The first-order chi connectivity index (χ1) is 10.4. The van der Waals surface area contributed by atoms with Crippen LogP contribution in [0, 0.1) is 5.41 Å². The summed E-state index contributed by atoms with van der Waals surface area (Å²) in [6.07, 6.45) is 11.6. The molecule has 0 unspecified atom stereocenters. The molecule has 2 aliphatic rings. The Balaban J connectivity index is 1.68. The maximum atomic E-state index is 10.6. The fourth-order valence-electron chi connectivity index (χ4n) is 4.03. The summed E-state index contributed by atoms with van der Waals surface area (Å²) in [5, 5.41) is 10.6. The first kappa shape index (κ1) is 16.0. The van der Waals surface area contributed by atoms with Crippen LogP contribution in [-0.4, -0.2) is 38.2 Å². The van der Waals surface area contributed by atoms with Gasteiger partial charge in [0.05, 0.1) is 17.6 Å². The van der Waals surface area contributed by atoms with Crippen molar-refractivity contribution in [2.75, 3.05) is 13.1 Å². The van der Waals surface area contributed by atoms with Crippen molar-refractivity contribution in [3.63, 3.8) is 0 Å². The maximum absolute atomic E-state index is 10.6. The highest BCUT2D eigenvalue weighted by Crippen LogP contribution is 2.38. The maximum Gasteiger partial charge on any atom is 0.0951 e. The van der Waals surface area contributed by atoms with Crippen molar-refractivity contribution in [1.82, 2.24) is 14.5 Å². The summed E-state index contributed by atoms with van der Waals surface area (Å²) >= 11 is 0. The van der Waals surface area contributed by atoms with E-state index in [1.807, 2.05) is 19.4 Å². The van der Waals surface area contributed by atoms with Crippen molar-refractivity contribution >= 4 is 0 Å². The minimum Gasteiger partial charge on any atom is -0.390 e. The van der Waals surface area contributed by atoms with E-state index in [1.54, 1.807) is 0 Å². The van der Waals surface area contributed by atoms with Crippen LogP contribution in [0.25, 0.3) is 0 Å². The molecule has 1 aromatic rings. The topological polar surface area (TPSA) is 41.3 Å². The lowest BCUT2D eigenvalue weighted by Gasteiger charge is -2.48. The lowest BCUT2D eigenvalue weighted by molar-refractivity contribution is -0.107. The molecule has 3 rings (SSSR count). The lowest BCUT2D eigenvalue weighted by atomic mass is 9.71. The van der Waals surface area contributed by atoms with E-state index in [2.05, 4.69) is 28.3 Å². The summed E-state index contributed by atoms with van der Waals surface area (Å²) in [6.45, 7) is 9.20. The van der Waals surface area contributed by atoms with Gasteiger partial charge >= 0.3 is 0 Å². The molecule has 4 heteroatoms. The average molecular weight is 305 g/mol. The normalized spacial score (nSPS) is 30.5. The van der Waals surface area contributed by atoms with E-state index in [4.69, 9.17) is 0 Å². The lowest BCUT2D eigenvalue weighted by Crippen LogP contribution is -2.55. The van der Waals surface area contributed by atoms with Gasteiger partial charge in [0.1, 0.15) is 0 Å². The number of likely N-dealkylation sites (tertiary alicyclic amines) is 1. The SMILES string of the molecule is CC1(C)CN(Cc2cncn2C2CCCCC2)CC[C@@]1(C)O. The van der Waals surface area contributed by atoms with E-state index in [1.165, 1.54) is 37.8 Å². The number of imidazole rings is 1. The second-order valence-electron chi connectivity index (χ2n) is 8.20. The minimum absolute atomic E-state index is 0.0685. The van der Waals surface area contributed by atoms with Crippen molar-refractivity contribution in [2.45, 2.75) is 77.5 Å². The van der Waals surface area contributed by atoms with Gasteiger partial charge in [-0.3, -0.25) is 4.90 Å². The van der Waals surface area contributed by atoms with Gasteiger partial charge < -0.3 is 9.67 Å². The van der Waals surface area contributed by atoms with Gasteiger partial charge in [-0.1, -0.05) is 33.1 Å². The van der Waals surface area contributed by atoms with Crippen LogP contribution in [0.15, 0.2) is 12.5 Å². The number of aliphatic hydroxyl groups is 1. The number of nitrogens with zero attached hydrogens (tertiary/aromatic N) is 3. The molecular formula is C18H31N3O. The number of piperidine rings is 1. The molecular weight excluding hydrogens is 274 g/mol. The third-order valence-corrected chi connectivity index (χ3v) is 6.09. The van der Waals surface area contributed by atoms with Crippen LogP contribution < -0.4 is 0 Å². The molecule has 124 valence electrons. The zero-order chi connectivity index (χ0) is 15.8. The third-order valence-electron chi connectivity index (χ3n) is 6.09. The molecule has 0 bridgehead atoms. The smallest absolute Gasteiger partial charge is 0.0951 e. The van der Waals surface area contributed by atoms with E-state index in [-0.39, 0.29) is 5.41 Å². The predicted octanol–water partition coefficient (Wildman–Crippen LogP) is 3.37. The summed E-state index contributed by atoms with van der Waals surface area (Å²) in [7, 11) is 0. The first-order valence-electron chi connectivity index (χ1n) is 8.84. The Bertz CT molecular complexity index is 500. The van der Waals surface area contributed by atoms with Gasteiger partial charge in [0.2, 0.25) is 0 Å². The van der Waals surface area contributed by atoms with Gasteiger partial charge in [0.25, 0.3) is 0 Å². The Morgan fingerprint density at radius 2 is 1.95 bits per heavy atom. The largest absolute Gasteiger partial charge is 0.390 e. The average Bonchev–Trinajstić information content (AvgIpc) is 2.92. The summed E-state index contributed by atoms with van der Waals surface area (Å²) in [4.78, 5) is 6.90. The van der Waals surface area contributed by atoms with Crippen molar-refractivity contribution in [1.29, 1.82) is 0 Å². The van der Waals surface area contributed by atoms with Gasteiger partial charge in [0.15, 0.2) is 0 Å². The summed E-state index contributed by atoms with van der Waals surface area (Å²) in [5.74, 6) is 0. The van der Waals surface area contributed by atoms with E-state index in [0.29, 0.717) is 6.04 Å². The molecule has 1 aliphatic carbocycles. The summed E-state index contributed by atoms with van der Waals surface area (Å²) < 4.78 is 2.42. The molecule has 0 amide bonds. The van der Waals surface area contributed by atoms with Crippen molar-refractivity contribution in [3.05, 3.63) is 18.2 Å². The zero-order valence-corrected chi connectivity index (χ0v) is 14.4. The van der Waals surface area contributed by atoms with Crippen LogP contribution in [-0.2, 0) is 6.54 Å². The monoisotopic (exact) mass is 305 g/mol. The summed E-state index contributed by atoms with van der Waals surface area (Å²) in [5.41, 5.74) is 0.706. The molecule has 2 heterocycles. The van der Waals surface area contributed by atoms with Crippen LogP contribution in [0.4, 0.5) is 0 Å². The fraction of sp³-hybridized carbons (Fsp3) is 0.833. The highest BCUT2D eigenvalue weighted by Gasteiger charge is 2.43. The Kier molecular flexibility index (Phi) is 4.34. The van der Waals surface area contributed by atoms with Gasteiger partial charge in [-0.25, -0.2) is 4.98 Å². The second kappa shape index (κ2) is 5.97. The second-order valence-corrected chi connectivity index (χ2v) is 8.20. The van der Waals surface area contributed by atoms with E-state index >= 15 is 0 Å². The van der Waals surface area contributed by atoms with Crippen LogP contribution in [0.5, 0.6) is 0 Å². The van der Waals surface area contributed by atoms with Gasteiger partial charge in [-0.05, 0) is 26.2 Å². The highest BCUT2D eigenvalue weighted by atomic mass is 16.3. The van der Waals surface area contributed by atoms with Crippen LogP contribution in [0.3, 0.4) is 0 Å². The van der Waals surface area contributed by atoms with E-state index in [0.717, 1.165) is 26.1 Å². The Hall–Kier alpha value is -0.870. The number of hydrogen-bond donors (Lipinski definition) is 1. The number of aromatic nitrogens is 2. The fourth-order valence-corrected chi connectivity index (χ4v) is 4.03. The Morgan fingerprint density at radius 1 is 1.23 bits per heavy atom. The molecule has 1 aromatic heterocycles. The van der Waals surface area contributed by atoms with Gasteiger partial charge in [0, 0.05) is 37.3 Å². The third kappa shape index (κ3) is 3.09. The van der Waals surface area contributed by atoms with Gasteiger partial charge in [-0.15, -0.1) is 0 Å². The quantitative estimate of drug-likeness (QED) is 0.931. The first-order valence-corrected chi connectivity index (χ1v) is 8.84. The predicted molar refractivity (Wildman–Crippen MR) is 88.6 cm³/mol. The molecule has 1 aliphatic heterocycles. The van der Waals surface area contributed by atoms with Crippen LogP contribution in [0.1, 0.15) is 71.0 Å². The number of rotatable bonds is 3. The van der Waals surface area contributed by atoms with Gasteiger partial charge in [-0.2, -0.15) is 0 Å².